The number of fused-ring (bicyclic) bond motifs is 1. The number of aliphatic hydroxyl groups is 1. The molecule has 0 saturated carbocycles. The van der Waals surface area contributed by atoms with Crippen LogP contribution >= 0.6 is 0 Å². The van der Waals surface area contributed by atoms with Crippen LogP contribution < -0.4 is 4.74 Å². The molecular weight excluding hydrogens is 176 g/mol. The maximum atomic E-state index is 8.94. The maximum absolute atomic E-state index is 8.94. The minimum atomic E-state index is -1.02. The van der Waals surface area contributed by atoms with E-state index in [2.05, 4.69) is 6.92 Å². The van der Waals surface area contributed by atoms with E-state index in [1.165, 1.54) is 0 Å². The van der Waals surface area contributed by atoms with Crippen molar-refractivity contribution in [3.63, 3.8) is 0 Å². The summed E-state index contributed by atoms with van der Waals surface area (Å²) in [7, 11) is 0. The van der Waals surface area contributed by atoms with Crippen LogP contribution in [-0.2, 0) is 0 Å². The van der Waals surface area contributed by atoms with Crippen LogP contribution in [0.4, 0.5) is 0 Å². The number of hydrogen-bond donors (Lipinski definition) is 1. The highest BCUT2D eigenvalue weighted by atomic mass is 16.6. The Labute approximate surface area is 82.8 Å². The van der Waals surface area contributed by atoms with Gasteiger partial charge in [0.15, 0.2) is 6.29 Å². The van der Waals surface area contributed by atoms with E-state index in [1.807, 2.05) is 42.5 Å². The molecule has 2 aromatic carbocycles. The number of hydrogen-bond acceptors (Lipinski definition) is 2. The van der Waals surface area contributed by atoms with Crippen molar-refractivity contribution >= 4 is 10.8 Å². The summed E-state index contributed by atoms with van der Waals surface area (Å²) in [5, 5.41) is 11.2. The summed E-state index contributed by atoms with van der Waals surface area (Å²) >= 11 is 0. The average Bonchev–Trinajstić information content (AvgIpc) is 2.17. The van der Waals surface area contributed by atoms with Gasteiger partial charge in [0, 0.05) is 6.92 Å². The topological polar surface area (TPSA) is 29.5 Å². The van der Waals surface area contributed by atoms with Crippen molar-refractivity contribution in [3.8, 4) is 5.75 Å². The van der Waals surface area contributed by atoms with Gasteiger partial charge in [0.25, 0.3) is 0 Å². The highest BCUT2D eigenvalue weighted by Gasteiger charge is 1.99. The summed E-state index contributed by atoms with van der Waals surface area (Å²) in [6.07, 6.45) is -1.02. The zero-order chi connectivity index (χ0) is 9.97. The molecular formula is C12H11O2. The Kier molecular flexibility index (Phi) is 2.37. The number of ether oxygens (including phenoxy) is 1. The highest BCUT2D eigenvalue weighted by Crippen LogP contribution is 2.20. The first-order valence-corrected chi connectivity index (χ1v) is 4.42. The third-order valence-electron chi connectivity index (χ3n) is 1.99. The lowest BCUT2D eigenvalue weighted by atomic mass is 10.1. The molecule has 2 nitrogen and oxygen atoms in total. The highest BCUT2D eigenvalue weighted by molar-refractivity contribution is 5.83. The summed E-state index contributed by atoms with van der Waals surface area (Å²) in [4.78, 5) is 0. The second-order valence-corrected chi connectivity index (χ2v) is 3.08. The van der Waals surface area contributed by atoms with E-state index < -0.39 is 6.29 Å². The van der Waals surface area contributed by atoms with Gasteiger partial charge in [-0.1, -0.05) is 30.3 Å². The van der Waals surface area contributed by atoms with Crippen molar-refractivity contribution in [3.05, 3.63) is 49.4 Å². The first-order valence-electron chi connectivity index (χ1n) is 4.42. The van der Waals surface area contributed by atoms with Crippen LogP contribution in [0, 0.1) is 6.92 Å². The molecule has 1 radical (unpaired) electrons. The fourth-order valence-corrected chi connectivity index (χ4v) is 1.40. The van der Waals surface area contributed by atoms with Gasteiger partial charge in [0.2, 0.25) is 0 Å². The predicted octanol–water partition coefficient (Wildman–Crippen LogP) is 2.37. The van der Waals surface area contributed by atoms with Gasteiger partial charge in [-0.15, -0.1) is 0 Å². The van der Waals surface area contributed by atoms with Crippen molar-refractivity contribution in [1.82, 2.24) is 0 Å². The minimum absolute atomic E-state index is 0.631. The van der Waals surface area contributed by atoms with Gasteiger partial charge in [0.05, 0.1) is 0 Å². The minimum Gasteiger partial charge on any atom is -0.465 e. The van der Waals surface area contributed by atoms with E-state index in [1.54, 1.807) is 0 Å². The molecule has 0 heterocycles. The van der Waals surface area contributed by atoms with Crippen molar-refractivity contribution < 1.29 is 9.84 Å². The van der Waals surface area contributed by atoms with Crippen LogP contribution in [0.5, 0.6) is 5.75 Å². The van der Waals surface area contributed by atoms with Crippen molar-refractivity contribution in [2.75, 3.05) is 0 Å². The molecule has 1 atom stereocenters. The molecule has 0 spiro atoms. The van der Waals surface area contributed by atoms with E-state index in [0.29, 0.717) is 5.75 Å². The van der Waals surface area contributed by atoms with Crippen molar-refractivity contribution in [2.24, 2.45) is 0 Å². The monoisotopic (exact) mass is 187 g/mol. The second-order valence-electron chi connectivity index (χ2n) is 3.08. The maximum Gasteiger partial charge on any atom is 0.197 e. The summed E-state index contributed by atoms with van der Waals surface area (Å²) in [5.74, 6) is 0.631. The van der Waals surface area contributed by atoms with E-state index in [9.17, 15) is 0 Å². The lowest BCUT2D eigenvalue weighted by Gasteiger charge is -2.08. The van der Waals surface area contributed by atoms with Gasteiger partial charge >= 0.3 is 0 Å². The van der Waals surface area contributed by atoms with Crippen LogP contribution in [0.15, 0.2) is 42.5 Å². The molecule has 2 aromatic rings. The zero-order valence-corrected chi connectivity index (χ0v) is 7.68. The molecule has 2 rings (SSSR count). The van der Waals surface area contributed by atoms with Crippen molar-refractivity contribution in [2.45, 2.75) is 6.29 Å². The molecule has 0 aromatic heterocycles. The largest absolute Gasteiger partial charge is 0.465 e. The summed E-state index contributed by atoms with van der Waals surface area (Å²) < 4.78 is 5.07. The number of benzene rings is 2. The molecule has 1 unspecified atom stereocenters. The Balaban J connectivity index is 2.41. The van der Waals surface area contributed by atoms with Crippen LogP contribution in [0.3, 0.4) is 0 Å². The van der Waals surface area contributed by atoms with Crippen molar-refractivity contribution in [1.29, 1.82) is 0 Å². The molecule has 71 valence electrons. The summed E-state index contributed by atoms with van der Waals surface area (Å²) in [5.41, 5.74) is 0. The molecule has 0 aliphatic heterocycles. The van der Waals surface area contributed by atoms with E-state index in [4.69, 9.17) is 9.84 Å². The Morgan fingerprint density at radius 3 is 2.50 bits per heavy atom. The fourth-order valence-electron chi connectivity index (χ4n) is 1.40. The first-order chi connectivity index (χ1) is 6.75. The molecule has 0 amide bonds. The zero-order valence-electron chi connectivity index (χ0n) is 7.68. The van der Waals surface area contributed by atoms with Gasteiger partial charge in [-0.2, -0.15) is 0 Å². The average molecular weight is 187 g/mol. The quantitative estimate of drug-likeness (QED) is 0.731. The second kappa shape index (κ2) is 3.68. The van der Waals surface area contributed by atoms with Crippen LogP contribution in [0.1, 0.15) is 0 Å². The Bertz CT molecular complexity index is 435. The third-order valence-corrected chi connectivity index (χ3v) is 1.99. The van der Waals surface area contributed by atoms with Gasteiger partial charge in [-0.05, 0) is 22.9 Å². The predicted molar refractivity (Wildman–Crippen MR) is 55.9 cm³/mol. The first kappa shape index (κ1) is 9.03. The fraction of sp³-hybridized carbons (Fsp3) is 0.0833. The summed E-state index contributed by atoms with van der Waals surface area (Å²) in [6.45, 7) is 3.35. The lowest BCUT2D eigenvalue weighted by molar-refractivity contribution is 0.0224. The third kappa shape index (κ3) is 1.86. The number of rotatable bonds is 2. The molecule has 0 saturated heterocycles. The molecule has 0 aliphatic carbocycles. The molecule has 14 heavy (non-hydrogen) atoms. The van der Waals surface area contributed by atoms with Gasteiger partial charge < -0.3 is 9.84 Å². The SMILES string of the molecule is [CH2]C(O)Oc1ccc2ccccc2c1. The Morgan fingerprint density at radius 2 is 1.79 bits per heavy atom. The molecule has 2 heteroatoms. The molecule has 0 aliphatic rings. The van der Waals surface area contributed by atoms with Crippen LogP contribution in [0.2, 0.25) is 0 Å². The van der Waals surface area contributed by atoms with E-state index >= 15 is 0 Å². The lowest BCUT2D eigenvalue weighted by Crippen LogP contribution is -2.09. The Hall–Kier alpha value is -1.54. The summed E-state index contributed by atoms with van der Waals surface area (Å²) in [6, 6.07) is 13.6. The van der Waals surface area contributed by atoms with Gasteiger partial charge in [-0.3, -0.25) is 0 Å². The van der Waals surface area contributed by atoms with Crippen LogP contribution in [0.25, 0.3) is 10.8 Å². The van der Waals surface area contributed by atoms with Gasteiger partial charge in [-0.25, -0.2) is 0 Å². The molecule has 0 fully saturated rings. The Morgan fingerprint density at radius 1 is 1.07 bits per heavy atom. The van der Waals surface area contributed by atoms with E-state index in [0.717, 1.165) is 10.8 Å². The standard InChI is InChI=1S/C12H11O2/c1-9(13)14-12-7-6-10-4-2-3-5-11(10)8-12/h2-9,13H,1H2. The molecule has 1 N–H and O–H groups in total. The van der Waals surface area contributed by atoms with Gasteiger partial charge in [0.1, 0.15) is 5.75 Å². The normalized spacial score (nSPS) is 12.7. The van der Waals surface area contributed by atoms with Crippen LogP contribution in [-0.4, -0.2) is 11.4 Å². The number of aliphatic hydroxyl groups excluding tert-OH is 1. The smallest absolute Gasteiger partial charge is 0.197 e. The molecule has 0 bridgehead atoms. The van der Waals surface area contributed by atoms with E-state index in [-0.39, 0.29) is 0 Å².